The van der Waals surface area contributed by atoms with Crippen molar-refractivity contribution in [2.45, 2.75) is 26.8 Å². The topological polar surface area (TPSA) is 87.3 Å². The third-order valence-electron chi connectivity index (χ3n) is 3.02. The van der Waals surface area contributed by atoms with Crippen molar-refractivity contribution >= 4 is 12.0 Å². The summed E-state index contributed by atoms with van der Waals surface area (Å²) in [5, 5.41) is 9.60. The molecule has 0 atom stereocenters. The van der Waals surface area contributed by atoms with Gasteiger partial charge in [-0.05, 0) is 13.8 Å². The van der Waals surface area contributed by atoms with Crippen molar-refractivity contribution in [1.82, 2.24) is 20.4 Å². The average molecular weight is 266 g/mol. The summed E-state index contributed by atoms with van der Waals surface area (Å²) in [5.74, 6) is -0.447. The molecule has 1 aliphatic rings. The number of esters is 1. The fourth-order valence-electron chi connectivity index (χ4n) is 2.10. The highest BCUT2D eigenvalue weighted by Gasteiger charge is 2.28. The van der Waals surface area contributed by atoms with Crippen molar-refractivity contribution < 1.29 is 14.3 Å². The lowest BCUT2D eigenvalue weighted by molar-refractivity contribution is 0.0516. The minimum atomic E-state index is -0.447. The Balaban J connectivity index is 2.16. The van der Waals surface area contributed by atoms with Crippen LogP contribution in [0.1, 0.15) is 35.6 Å². The van der Waals surface area contributed by atoms with E-state index in [9.17, 15) is 9.59 Å². The number of H-pyrrole nitrogens is 1. The Morgan fingerprint density at radius 3 is 2.95 bits per heavy atom. The maximum absolute atomic E-state index is 11.8. The monoisotopic (exact) mass is 266 g/mol. The molecular weight excluding hydrogens is 248 g/mol. The average Bonchev–Trinajstić information content (AvgIpc) is 2.82. The number of nitrogens with zero attached hydrogens (tertiary/aromatic N) is 2. The summed E-state index contributed by atoms with van der Waals surface area (Å²) < 4.78 is 4.96. The molecule has 0 aromatic carbocycles. The summed E-state index contributed by atoms with van der Waals surface area (Å²) in [7, 11) is 0. The molecule has 0 saturated heterocycles. The zero-order chi connectivity index (χ0) is 13.8. The molecule has 0 fully saturated rings. The van der Waals surface area contributed by atoms with Gasteiger partial charge in [-0.1, -0.05) is 0 Å². The highest BCUT2D eigenvalue weighted by atomic mass is 16.5. The standard InChI is InChI=1S/C12H18N4O3/c1-3-13-12(18)16-6-5-9-8(7-16)10(15-14-9)11(17)19-4-2/h3-7H2,1-2H3,(H,13,18)(H,14,15). The van der Waals surface area contributed by atoms with Gasteiger partial charge in [-0.25, -0.2) is 9.59 Å². The number of fused-ring (bicyclic) bond motifs is 1. The van der Waals surface area contributed by atoms with E-state index in [1.54, 1.807) is 11.8 Å². The molecule has 104 valence electrons. The number of carbonyl (C=O) groups excluding carboxylic acids is 2. The van der Waals surface area contributed by atoms with E-state index in [0.717, 1.165) is 11.3 Å². The Hall–Kier alpha value is -2.05. The van der Waals surface area contributed by atoms with Gasteiger partial charge in [0.25, 0.3) is 0 Å². The first-order chi connectivity index (χ1) is 9.17. The largest absolute Gasteiger partial charge is 0.461 e. The van der Waals surface area contributed by atoms with E-state index in [1.807, 2.05) is 6.92 Å². The van der Waals surface area contributed by atoms with Crippen molar-refractivity contribution in [3.8, 4) is 0 Å². The van der Waals surface area contributed by atoms with Gasteiger partial charge in [-0.2, -0.15) is 5.10 Å². The maximum atomic E-state index is 11.8. The lowest BCUT2D eigenvalue weighted by Crippen LogP contribution is -2.42. The predicted molar refractivity (Wildman–Crippen MR) is 67.7 cm³/mol. The summed E-state index contributed by atoms with van der Waals surface area (Å²) in [6.07, 6.45) is 0.666. The highest BCUT2D eigenvalue weighted by molar-refractivity contribution is 5.89. The molecule has 7 heteroatoms. The molecule has 2 amide bonds. The van der Waals surface area contributed by atoms with E-state index >= 15 is 0 Å². The molecule has 0 spiro atoms. The van der Waals surface area contributed by atoms with Crippen LogP contribution in [0.2, 0.25) is 0 Å². The second-order valence-corrected chi connectivity index (χ2v) is 4.26. The van der Waals surface area contributed by atoms with Gasteiger partial charge in [0.2, 0.25) is 0 Å². The van der Waals surface area contributed by atoms with Gasteiger partial charge in [-0.15, -0.1) is 0 Å². The maximum Gasteiger partial charge on any atom is 0.359 e. The van der Waals surface area contributed by atoms with E-state index in [0.29, 0.717) is 32.7 Å². The summed E-state index contributed by atoms with van der Waals surface area (Å²) in [4.78, 5) is 25.2. The number of aromatic amines is 1. The second kappa shape index (κ2) is 5.73. The molecule has 0 radical (unpaired) electrons. The zero-order valence-electron chi connectivity index (χ0n) is 11.2. The van der Waals surface area contributed by atoms with E-state index < -0.39 is 5.97 Å². The highest BCUT2D eigenvalue weighted by Crippen LogP contribution is 2.21. The molecule has 2 rings (SSSR count). The second-order valence-electron chi connectivity index (χ2n) is 4.26. The smallest absolute Gasteiger partial charge is 0.359 e. The molecule has 19 heavy (non-hydrogen) atoms. The number of hydrogen-bond acceptors (Lipinski definition) is 4. The van der Waals surface area contributed by atoms with Gasteiger partial charge in [0.1, 0.15) is 0 Å². The molecule has 7 nitrogen and oxygen atoms in total. The molecule has 1 aliphatic heterocycles. The molecule has 0 saturated carbocycles. The zero-order valence-corrected chi connectivity index (χ0v) is 11.2. The number of rotatable bonds is 3. The van der Waals surface area contributed by atoms with Crippen LogP contribution in [0.25, 0.3) is 0 Å². The number of urea groups is 1. The Morgan fingerprint density at radius 2 is 2.26 bits per heavy atom. The normalized spacial score (nSPS) is 13.9. The molecule has 0 aliphatic carbocycles. The van der Waals surface area contributed by atoms with Gasteiger partial charge in [-0.3, -0.25) is 5.10 Å². The Kier molecular flexibility index (Phi) is 4.03. The van der Waals surface area contributed by atoms with Crippen LogP contribution in [0.15, 0.2) is 0 Å². The Morgan fingerprint density at radius 1 is 1.47 bits per heavy atom. The van der Waals surface area contributed by atoms with Crippen LogP contribution < -0.4 is 5.32 Å². The summed E-state index contributed by atoms with van der Waals surface area (Å²) in [6, 6.07) is -0.121. The molecule has 2 heterocycles. The minimum absolute atomic E-state index is 0.121. The van der Waals surface area contributed by atoms with E-state index in [1.165, 1.54) is 0 Å². The Labute approximate surface area is 111 Å². The molecule has 1 aromatic rings. The van der Waals surface area contributed by atoms with E-state index in [-0.39, 0.29) is 11.7 Å². The van der Waals surface area contributed by atoms with Crippen molar-refractivity contribution in [2.75, 3.05) is 19.7 Å². The number of carbonyl (C=O) groups is 2. The van der Waals surface area contributed by atoms with Crippen LogP contribution >= 0.6 is 0 Å². The molecule has 0 bridgehead atoms. The van der Waals surface area contributed by atoms with Crippen molar-refractivity contribution in [3.05, 3.63) is 17.0 Å². The van der Waals surface area contributed by atoms with Crippen molar-refractivity contribution in [1.29, 1.82) is 0 Å². The quantitative estimate of drug-likeness (QED) is 0.787. The summed E-state index contributed by atoms with van der Waals surface area (Å²) in [5.41, 5.74) is 1.95. The van der Waals surface area contributed by atoms with Crippen molar-refractivity contribution in [2.24, 2.45) is 0 Å². The lowest BCUT2D eigenvalue weighted by atomic mass is 10.1. The van der Waals surface area contributed by atoms with Gasteiger partial charge in [0, 0.05) is 30.8 Å². The molecule has 0 unspecified atom stereocenters. The number of ether oxygens (including phenoxy) is 1. The third kappa shape index (κ3) is 2.69. The number of aromatic nitrogens is 2. The number of amides is 2. The van der Waals surface area contributed by atoms with Crippen molar-refractivity contribution in [3.63, 3.8) is 0 Å². The SMILES string of the molecule is CCNC(=O)N1CCc2[nH]nc(C(=O)OCC)c2C1. The summed E-state index contributed by atoms with van der Waals surface area (Å²) >= 11 is 0. The summed E-state index contributed by atoms with van der Waals surface area (Å²) in [6.45, 7) is 5.50. The first-order valence-corrected chi connectivity index (χ1v) is 6.43. The fourth-order valence-corrected chi connectivity index (χ4v) is 2.10. The molecule has 1 aromatic heterocycles. The van der Waals surface area contributed by atoms with E-state index in [4.69, 9.17) is 4.74 Å². The molecular formula is C12H18N4O3. The lowest BCUT2D eigenvalue weighted by Gasteiger charge is -2.26. The minimum Gasteiger partial charge on any atom is -0.461 e. The van der Waals surface area contributed by atoms with Gasteiger partial charge in [0.15, 0.2) is 5.69 Å². The van der Waals surface area contributed by atoms with Crippen LogP contribution in [-0.4, -0.2) is 46.8 Å². The fraction of sp³-hybridized carbons (Fsp3) is 0.583. The van der Waals surface area contributed by atoms with Gasteiger partial charge < -0.3 is 15.0 Å². The van der Waals surface area contributed by atoms with Crippen LogP contribution in [0.5, 0.6) is 0 Å². The first kappa shape index (κ1) is 13.4. The number of nitrogens with one attached hydrogen (secondary N) is 2. The van der Waals surface area contributed by atoms with Gasteiger partial charge >= 0.3 is 12.0 Å². The van der Waals surface area contributed by atoms with Crippen LogP contribution in [0.4, 0.5) is 4.79 Å². The Bertz CT molecular complexity index is 483. The third-order valence-corrected chi connectivity index (χ3v) is 3.02. The van der Waals surface area contributed by atoms with Crippen LogP contribution in [0.3, 0.4) is 0 Å². The predicted octanol–water partition coefficient (Wildman–Crippen LogP) is 0.674. The number of hydrogen-bond donors (Lipinski definition) is 2. The van der Waals surface area contributed by atoms with E-state index in [2.05, 4.69) is 15.5 Å². The van der Waals surface area contributed by atoms with Gasteiger partial charge in [0.05, 0.1) is 13.2 Å². The van der Waals surface area contributed by atoms with Crippen LogP contribution in [-0.2, 0) is 17.7 Å². The first-order valence-electron chi connectivity index (χ1n) is 6.43. The van der Waals surface area contributed by atoms with Crippen LogP contribution in [0, 0.1) is 0 Å². The molecule has 2 N–H and O–H groups in total.